The Hall–Kier alpha value is -1.11. The first-order chi connectivity index (χ1) is 6.31. The fourth-order valence-electron chi connectivity index (χ4n) is 1.76. The number of aliphatic imine (C=N–C) groups is 1. The molecule has 2 nitrogen and oxygen atoms in total. The highest BCUT2D eigenvalue weighted by atomic mass is 35.5. The number of benzene rings is 1. The van der Waals surface area contributed by atoms with Crippen molar-refractivity contribution < 1.29 is 4.79 Å². The Balaban J connectivity index is 2.43. The molecule has 13 heavy (non-hydrogen) atoms. The topological polar surface area (TPSA) is 29.4 Å². The number of hydrogen-bond acceptors (Lipinski definition) is 2. The van der Waals surface area contributed by atoms with Crippen molar-refractivity contribution in [3.8, 4) is 0 Å². The molecular weight excluding hydrogens is 186 g/mol. The Labute approximate surface area is 81.2 Å². The number of fused-ring (bicyclic) bond motifs is 1. The van der Waals surface area contributed by atoms with Gasteiger partial charge in [-0.05, 0) is 36.1 Å². The average molecular weight is 194 g/mol. The van der Waals surface area contributed by atoms with Gasteiger partial charge in [0.05, 0.1) is 6.04 Å². The molecule has 1 atom stereocenters. The van der Waals surface area contributed by atoms with E-state index in [4.69, 9.17) is 11.6 Å². The van der Waals surface area contributed by atoms with Crippen LogP contribution in [0.25, 0.3) is 0 Å². The van der Waals surface area contributed by atoms with Crippen LogP contribution in [0.2, 0.25) is 5.02 Å². The van der Waals surface area contributed by atoms with Crippen molar-refractivity contribution in [2.75, 3.05) is 0 Å². The zero-order chi connectivity index (χ0) is 9.26. The van der Waals surface area contributed by atoms with Crippen LogP contribution in [0.3, 0.4) is 0 Å². The Bertz CT molecular complexity index is 383. The van der Waals surface area contributed by atoms with Crippen molar-refractivity contribution in [1.82, 2.24) is 0 Å². The minimum Gasteiger partial charge on any atom is -0.211 e. The monoisotopic (exact) mass is 193 g/mol. The molecule has 0 saturated carbocycles. The lowest BCUT2D eigenvalue weighted by atomic mass is 10.1. The molecular formula is C10H8ClNO. The first-order valence-electron chi connectivity index (χ1n) is 4.16. The molecule has 1 aromatic carbocycles. The van der Waals surface area contributed by atoms with Gasteiger partial charge in [0.2, 0.25) is 6.08 Å². The quantitative estimate of drug-likeness (QED) is 0.498. The number of halogens is 1. The van der Waals surface area contributed by atoms with Crippen LogP contribution in [0.5, 0.6) is 0 Å². The van der Waals surface area contributed by atoms with E-state index in [1.54, 1.807) is 6.08 Å². The van der Waals surface area contributed by atoms with Gasteiger partial charge in [-0.25, -0.2) is 4.79 Å². The molecule has 0 saturated heterocycles. The SMILES string of the molecule is O=C=NC1CCc2cc(Cl)ccc21. The van der Waals surface area contributed by atoms with Crippen molar-refractivity contribution in [2.24, 2.45) is 4.99 Å². The van der Waals surface area contributed by atoms with Gasteiger partial charge in [-0.15, -0.1) is 0 Å². The summed E-state index contributed by atoms with van der Waals surface area (Å²) < 4.78 is 0. The highest BCUT2D eigenvalue weighted by Gasteiger charge is 2.21. The highest BCUT2D eigenvalue weighted by Crippen LogP contribution is 2.34. The second-order valence-electron chi connectivity index (χ2n) is 3.12. The van der Waals surface area contributed by atoms with Gasteiger partial charge in [-0.1, -0.05) is 17.7 Å². The number of carbonyl (C=O) groups excluding carboxylic acids is 1. The van der Waals surface area contributed by atoms with E-state index in [1.165, 1.54) is 5.56 Å². The number of isocyanates is 1. The van der Waals surface area contributed by atoms with Gasteiger partial charge in [0, 0.05) is 5.02 Å². The van der Waals surface area contributed by atoms with Gasteiger partial charge in [0.1, 0.15) is 0 Å². The number of hydrogen-bond donors (Lipinski definition) is 0. The predicted molar refractivity (Wildman–Crippen MR) is 50.6 cm³/mol. The van der Waals surface area contributed by atoms with Crippen LogP contribution in [0.4, 0.5) is 0 Å². The minimum absolute atomic E-state index is 0.00441. The van der Waals surface area contributed by atoms with Gasteiger partial charge < -0.3 is 0 Å². The molecule has 2 rings (SSSR count). The van der Waals surface area contributed by atoms with Crippen LogP contribution in [-0.4, -0.2) is 6.08 Å². The predicted octanol–water partition coefficient (Wildman–Crippen LogP) is 2.66. The van der Waals surface area contributed by atoms with Crippen LogP contribution in [0.15, 0.2) is 23.2 Å². The summed E-state index contributed by atoms with van der Waals surface area (Å²) in [5.41, 5.74) is 2.32. The smallest absolute Gasteiger partial charge is 0.211 e. The van der Waals surface area contributed by atoms with E-state index in [0.29, 0.717) is 0 Å². The number of nitrogens with zero attached hydrogens (tertiary/aromatic N) is 1. The summed E-state index contributed by atoms with van der Waals surface area (Å²) >= 11 is 5.84. The molecule has 0 aromatic heterocycles. The third kappa shape index (κ3) is 1.51. The fourth-order valence-corrected chi connectivity index (χ4v) is 1.96. The molecule has 0 spiro atoms. The fraction of sp³-hybridized carbons (Fsp3) is 0.300. The lowest BCUT2D eigenvalue weighted by Gasteiger charge is -2.02. The molecule has 0 radical (unpaired) electrons. The van der Waals surface area contributed by atoms with E-state index in [-0.39, 0.29) is 6.04 Å². The Morgan fingerprint density at radius 3 is 3.15 bits per heavy atom. The zero-order valence-electron chi connectivity index (χ0n) is 6.96. The Kier molecular flexibility index (Phi) is 2.17. The van der Waals surface area contributed by atoms with Gasteiger partial charge in [0.25, 0.3) is 0 Å². The molecule has 3 heteroatoms. The van der Waals surface area contributed by atoms with E-state index < -0.39 is 0 Å². The van der Waals surface area contributed by atoms with Crippen LogP contribution < -0.4 is 0 Å². The van der Waals surface area contributed by atoms with E-state index in [0.717, 1.165) is 23.4 Å². The average Bonchev–Trinajstić information content (AvgIpc) is 2.49. The normalized spacial score (nSPS) is 19.3. The molecule has 66 valence electrons. The third-order valence-corrected chi connectivity index (χ3v) is 2.59. The van der Waals surface area contributed by atoms with Crippen molar-refractivity contribution in [3.63, 3.8) is 0 Å². The first kappa shape index (κ1) is 8.49. The molecule has 1 aromatic rings. The molecule has 1 aliphatic rings. The second-order valence-corrected chi connectivity index (χ2v) is 3.55. The van der Waals surface area contributed by atoms with Gasteiger partial charge in [-0.3, -0.25) is 0 Å². The first-order valence-corrected chi connectivity index (χ1v) is 4.54. The zero-order valence-corrected chi connectivity index (χ0v) is 7.71. The van der Waals surface area contributed by atoms with Crippen LogP contribution >= 0.6 is 11.6 Å². The molecule has 1 aliphatic carbocycles. The maximum Gasteiger partial charge on any atom is 0.235 e. The molecule has 0 fully saturated rings. The van der Waals surface area contributed by atoms with Gasteiger partial charge in [0.15, 0.2) is 0 Å². The molecule has 0 aliphatic heterocycles. The van der Waals surface area contributed by atoms with Crippen molar-refractivity contribution in [3.05, 3.63) is 34.3 Å². The van der Waals surface area contributed by atoms with Crippen LogP contribution in [0, 0.1) is 0 Å². The van der Waals surface area contributed by atoms with E-state index in [1.807, 2.05) is 18.2 Å². The van der Waals surface area contributed by atoms with E-state index >= 15 is 0 Å². The van der Waals surface area contributed by atoms with Gasteiger partial charge >= 0.3 is 0 Å². The van der Waals surface area contributed by atoms with Crippen molar-refractivity contribution in [2.45, 2.75) is 18.9 Å². The Morgan fingerprint density at radius 2 is 2.38 bits per heavy atom. The standard InChI is InChI=1S/C10H8ClNO/c11-8-2-3-9-7(5-8)1-4-10(9)12-6-13/h2-3,5,10H,1,4H2. The third-order valence-electron chi connectivity index (χ3n) is 2.36. The molecule has 0 bridgehead atoms. The van der Waals surface area contributed by atoms with Gasteiger partial charge in [-0.2, -0.15) is 4.99 Å². The summed E-state index contributed by atoms with van der Waals surface area (Å²) in [5, 5.41) is 0.745. The summed E-state index contributed by atoms with van der Waals surface area (Å²) in [4.78, 5) is 13.9. The van der Waals surface area contributed by atoms with E-state index in [2.05, 4.69) is 4.99 Å². The van der Waals surface area contributed by atoms with E-state index in [9.17, 15) is 4.79 Å². The summed E-state index contributed by atoms with van der Waals surface area (Å²) in [5.74, 6) is 0. The van der Waals surface area contributed by atoms with Crippen molar-refractivity contribution in [1.29, 1.82) is 0 Å². The number of rotatable bonds is 1. The second kappa shape index (κ2) is 3.33. The maximum atomic E-state index is 10.1. The Morgan fingerprint density at radius 1 is 1.54 bits per heavy atom. The highest BCUT2D eigenvalue weighted by molar-refractivity contribution is 6.30. The van der Waals surface area contributed by atoms with Crippen LogP contribution in [-0.2, 0) is 11.2 Å². The summed E-state index contributed by atoms with van der Waals surface area (Å²) in [7, 11) is 0. The minimum atomic E-state index is 0.00441. The summed E-state index contributed by atoms with van der Waals surface area (Å²) in [6.45, 7) is 0. The lowest BCUT2D eigenvalue weighted by Crippen LogP contribution is -1.87. The van der Waals surface area contributed by atoms with Crippen LogP contribution in [0.1, 0.15) is 23.6 Å². The molecule has 0 amide bonds. The number of aryl methyl sites for hydroxylation is 1. The van der Waals surface area contributed by atoms with Crippen molar-refractivity contribution >= 4 is 17.7 Å². The molecule has 1 unspecified atom stereocenters. The summed E-state index contributed by atoms with van der Waals surface area (Å²) in [6.07, 6.45) is 3.45. The summed E-state index contributed by atoms with van der Waals surface area (Å²) in [6, 6.07) is 5.72. The largest absolute Gasteiger partial charge is 0.235 e. The molecule has 0 N–H and O–H groups in total. The lowest BCUT2D eigenvalue weighted by molar-refractivity contribution is 0.557. The molecule has 0 heterocycles. The maximum absolute atomic E-state index is 10.1.